The number of esters is 1. The van der Waals surface area contributed by atoms with Crippen LogP contribution < -0.4 is 4.89 Å². The third-order valence-electron chi connectivity index (χ3n) is 8.32. The van der Waals surface area contributed by atoms with Gasteiger partial charge in [-0.15, -0.1) is 0 Å². The van der Waals surface area contributed by atoms with Gasteiger partial charge in [0.1, 0.15) is 19.8 Å². The number of carbonyl (C=O) groups excluding carboxylic acids is 1. The van der Waals surface area contributed by atoms with Crippen molar-refractivity contribution in [2.24, 2.45) is 0 Å². The van der Waals surface area contributed by atoms with Crippen LogP contribution in [0.25, 0.3) is 0 Å². The molecule has 0 radical (unpaired) electrons. The summed E-state index contributed by atoms with van der Waals surface area (Å²) < 4.78 is 34.2. The van der Waals surface area contributed by atoms with Crippen LogP contribution in [0.2, 0.25) is 0 Å². The van der Waals surface area contributed by atoms with Crippen LogP contribution in [0.1, 0.15) is 168 Å². The zero-order chi connectivity index (χ0) is 35.6. The lowest BCUT2D eigenvalue weighted by Crippen LogP contribution is -2.37. The molecule has 0 saturated heterocycles. The Balaban J connectivity index is 4.36. The SMILES string of the molecule is CCCCC/C=C/CCCCCCCC(=O)O[C@H](CO/C=C/CCCCCCCCCCCCCC)COP(=O)([O-])OCC[N+](C)(C)C. The Labute approximate surface area is 296 Å². The van der Waals surface area contributed by atoms with E-state index in [9.17, 15) is 14.3 Å². The number of carbonyl (C=O) groups is 1. The normalized spacial score (nSPS) is 14.1. The summed E-state index contributed by atoms with van der Waals surface area (Å²) in [6.45, 7) is 4.70. The first-order valence-corrected chi connectivity index (χ1v) is 21.1. The molecule has 0 aromatic rings. The summed E-state index contributed by atoms with van der Waals surface area (Å²) in [7, 11) is 1.32. The quantitative estimate of drug-likeness (QED) is 0.0160. The molecule has 2 atom stereocenters. The number of quaternary nitrogens is 1. The molecule has 48 heavy (non-hydrogen) atoms. The molecule has 1 unspecified atom stereocenters. The van der Waals surface area contributed by atoms with Gasteiger partial charge < -0.3 is 27.9 Å². The minimum atomic E-state index is -4.53. The molecule has 0 rings (SSSR count). The average Bonchev–Trinajstić information content (AvgIpc) is 3.03. The Kier molecular flexibility index (Phi) is 32.2. The Morgan fingerprint density at radius 1 is 0.646 bits per heavy atom. The van der Waals surface area contributed by atoms with Crippen LogP contribution in [-0.4, -0.2) is 64.1 Å². The van der Waals surface area contributed by atoms with Gasteiger partial charge in [-0.05, 0) is 51.0 Å². The Morgan fingerprint density at radius 2 is 1.10 bits per heavy atom. The lowest BCUT2D eigenvalue weighted by atomic mass is 10.0. The summed E-state index contributed by atoms with van der Waals surface area (Å²) in [6.07, 6.45) is 35.6. The zero-order valence-corrected chi connectivity index (χ0v) is 32.8. The molecule has 0 aliphatic heterocycles. The second-order valence-electron chi connectivity index (χ2n) is 14.4. The first kappa shape index (κ1) is 46.8. The van der Waals surface area contributed by atoms with E-state index in [1.165, 1.54) is 103 Å². The first-order valence-electron chi connectivity index (χ1n) is 19.6. The largest absolute Gasteiger partial charge is 0.756 e. The van der Waals surface area contributed by atoms with Gasteiger partial charge in [-0.2, -0.15) is 0 Å². The van der Waals surface area contributed by atoms with E-state index in [-0.39, 0.29) is 32.2 Å². The number of nitrogens with zero attached hydrogens (tertiary/aromatic N) is 1. The maximum Gasteiger partial charge on any atom is 0.306 e. The highest BCUT2D eigenvalue weighted by Crippen LogP contribution is 2.38. The predicted octanol–water partition coefficient (Wildman–Crippen LogP) is 10.6. The lowest BCUT2D eigenvalue weighted by Gasteiger charge is -2.28. The topological polar surface area (TPSA) is 94.1 Å². The van der Waals surface area contributed by atoms with Gasteiger partial charge in [0.05, 0.1) is 34.0 Å². The number of hydrogen-bond acceptors (Lipinski definition) is 7. The van der Waals surface area contributed by atoms with Gasteiger partial charge in [-0.3, -0.25) is 9.36 Å². The fourth-order valence-electron chi connectivity index (χ4n) is 5.21. The number of phosphoric ester groups is 1. The number of ether oxygens (including phenoxy) is 2. The second kappa shape index (κ2) is 33.0. The van der Waals surface area contributed by atoms with Crippen molar-refractivity contribution in [3.63, 3.8) is 0 Å². The summed E-state index contributed by atoms with van der Waals surface area (Å²) in [5.74, 6) is -0.366. The van der Waals surface area contributed by atoms with E-state index in [2.05, 4.69) is 26.0 Å². The second-order valence-corrected chi connectivity index (χ2v) is 15.8. The summed E-state index contributed by atoms with van der Waals surface area (Å²) in [6, 6.07) is 0. The lowest BCUT2D eigenvalue weighted by molar-refractivity contribution is -0.870. The molecule has 284 valence electrons. The van der Waals surface area contributed by atoms with E-state index in [1.54, 1.807) is 6.26 Å². The smallest absolute Gasteiger partial charge is 0.306 e. The highest BCUT2D eigenvalue weighted by Gasteiger charge is 2.20. The molecule has 9 heteroatoms. The molecule has 0 aliphatic carbocycles. The van der Waals surface area contributed by atoms with Gasteiger partial charge in [0.2, 0.25) is 0 Å². The summed E-state index contributed by atoms with van der Waals surface area (Å²) in [5, 5.41) is 0. The van der Waals surface area contributed by atoms with Crippen molar-refractivity contribution in [3.05, 3.63) is 24.5 Å². The minimum Gasteiger partial charge on any atom is -0.756 e. The highest BCUT2D eigenvalue weighted by molar-refractivity contribution is 7.45. The molecule has 0 saturated carbocycles. The Hall–Kier alpha value is -1.18. The molecule has 0 amide bonds. The third kappa shape index (κ3) is 36.1. The van der Waals surface area contributed by atoms with Crippen LogP contribution in [0.5, 0.6) is 0 Å². The van der Waals surface area contributed by atoms with Crippen molar-refractivity contribution in [1.29, 1.82) is 0 Å². The van der Waals surface area contributed by atoms with Crippen molar-refractivity contribution in [2.45, 2.75) is 174 Å². The molecule has 0 N–H and O–H groups in total. The van der Waals surface area contributed by atoms with Gasteiger partial charge in [0, 0.05) is 6.42 Å². The van der Waals surface area contributed by atoms with Crippen molar-refractivity contribution < 1.29 is 37.3 Å². The molecule has 0 aliphatic rings. The molecule has 0 heterocycles. The van der Waals surface area contributed by atoms with Crippen molar-refractivity contribution in [1.82, 2.24) is 0 Å². The van der Waals surface area contributed by atoms with Crippen LogP contribution in [0, 0.1) is 0 Å². The maximum atomic E-state index is 12.6. The van der Waals surface area contributed by atoms with Crippen LogP contribution in [-0.2, 0) is 27.9 Å². The third-order valence-corrected chi connectivity index (χ3v) is 9.28. The molecule has 0 spiro atoms. The summed E-state index contributed by atoms with van der Waals surface area (Å²) in [5.41, 5.74) is 0. The maximum absolute atomic E-state index is 12.6. The Bertz CT molecular complexity index is 828. The van der Waals surface area contributed by atoms with Crippen molar-refractivity contribution >= 4 is 13.8 Å². The number of rotatable bonds is 36. The molecular weight excluding hydrogens is 625 g/mol. The zero-order valence-electron chi connectivity index (χ0n) is 31.9. The Morgan fingerprint density at radius 3 is 1.65 bits per heavy atom. The first-order chi connectivity index (χ1) is 23.1. The molecular formula is C39H76NO7P. The highest BCUT2D eigenvalue weighted by atomic mass is 31.2. The number of likely N-dealkylation sites (N-methyl/N-ethyl adjacent to an activating group) is 1. The standard InChI is InChI=1S/C39H76NO7P/c1-6-8-10-12-14-16-18-20-21-23-25-27-29-31-34-44-36-38(37-46-48(42,43)45-35-33-40(3,4)5)47-39(41)32-30-28-26-24-22-19-17-15-13-11-9-7-2/h15,17,31,34,38H,6-14,16,18-30,32-33,35-37H2,1-5H3/b17-15+,34-31+/t38-/m1/s1. The van der Waals surface area contributed by atoms with Crippen LogP contribution in [0.4, 0.5) is 0 Å². The van der Waals surface area contributed by atoms with Crippen LogP contribution in [0.15, 0.2) is 24.5 Å². The fourth-order valence-corrected chi connectivity index (χ4v) is 5.94. The summed E-state index contributed by atoms with van der Waals surface area (Å²) in [4.78, 5) is 24.9. The minimum absolute atomic E-state index is 0.0162. The van der Waals surface area contributed by atoms with Crippen LogP contribution in [0.3, 0.4) is 0 Å². The average molecular weight is 702 g/mol. The number of phosphoric acid groups is 1. The van der Waals surface area contributed by atoms with Gasteiger partial charge in [0.25, 0.3) is 7.82 Å². The molecule has 0 bridgehead atoms. The van der Waals surface area contributed by atoms with Gasteiger partial charge in [0.15, 0.2) is 6.10 Å². The van der Waals surface area contributed by atoms with Gasteiger partial charge in [-0.25, -0.2) is 0 Å². The van der Waals surface area contributed by atoms with E-state index >= 15 is 0 Å². The molecule has 0 fully saturated rings. The fraction of sp³-hybridized carbons (Fsp3) is 0.872. The van der Waals surface area contributed by atoms with E-state index in [0.717, 1.165) is 44.9 Å². The van der Waals surface area contributed by atoms with E-state index < -0.39 is 13.9 Å². The molecule has 0 aromatic carbocycles. The van der Waals surface area contributed by atoms with Crippen molar-refractivity contribution in [2.75, 3.05) is 47.5 Å². The van der Waals surface area contributed by atoms with Crippen LogP contribution >= 0.6 is 7.82 Å². The van der Waals surface area contributed by atoms with Crippen molar-refractivity contribution in [3.8, 4) is 0 Å². The molecule has 8 nitrogen and oxygen atoms in total. The summed E-state index contributed by atoms with van der Waals surface area (Å²) >= 11 is 0. The van der Waals surface area contributed by atoms with E-state index in [1.807, 2.05) is 27.2 Å². The van der Waals surface area contributed by atoms with E-state index in [4.69, 9.17) is 18.5 Å². The predicted molar refractivity (Wildman–Crippen MR) is 199 cm³/mol. The molecule has 0 aromatic heterocycles. The number of unbranched alkanes of at least 4 members (excludes halogenated alkanes) is 20. The van der Waals surface area contributed by atoms with Gasteiger partial charge in [-0.1, -0.05) is 129 Å². The number of hydrogen-bond donors (Lipinski definition) is 0. The monoisotopic (exact) mass is 702 g/mol. The number of allylic oxidation sites excluding steroid dienone is 3. The van der Waals surface area contributed by atoms with Gasteiger partial charge >= 0.3 is 5.97 Å². The van der Waals surface area contributed by atoms with E-state index in [0.29, 0.717) is 11.0 Å².